The molecule has 0 saturated heterocycles. The summed E-state index contributed by atoms with van der Waals surface area (Å²) in [5.74, 6) is -1.43. The minimum Gasteiger partial charge on any atom is -0.503 e. The molecule has 12 nitrogen and oxygen atoms in total. The fourth-order valence-electron chi connectivity index (χ4n) is 3.81. The van der Waals surface area contributed by atoms with E-state index in [0.29, 0.717) is 28.5 Å². The number of ketones is 1. The molecule has 3 N–H and O–H groups in total. The zero-order valence-corrected chi connectivity index (χ0v) is 25.5. The van der Waals surface area contributed by atoms with Crippen LogP contribution in [0.15, 0.2) is 110 Å². The van der Waals surface area contributed by atoms with Crippen LogP contribution in [-0.4, -0.2) is 29.0 Å². The molecule has 4 rings (SSSR count). The Morgan fingerprint density at radius 1 is 0.689 bits per heavy atom. The van der Waals surface area contributed by atoms with Crippen molar-refractivity contribution in [3.8, 4) is 17.2 Å². The van der Waals surface area contributed by atoms with Crippen molar-refractivity contribution in [3.05, 3.63) is 84.4 Å². The number of phenolic OH excluding ortho intramolecular Hbond substituents is 2. The standard InChI is InChI=1S/C33H33N7O5/c1-6-25(41)26-27(38-36-23-16-18-24(45-5)19-17-23)29(40-35-21-10-8-7-9-11-21)31(43)30(42)28(26)39-37-22-14-12-20(13-15-22)34-32(44)33(2,3)4/h7-19,42-43H,6H2,1-5H3,(H,34,44). The van der Waals surface area contributed by atoms with Crippen LogP contribution in [0.5, 0.6) is 17.2 Å². The monoisotopic (exact) mass is 607 g/mol. The number of carbonyl (C=O) groups excluding carboxylic acids is 2. The first-order valence-corrected chi connectivity index (χ1v) is 14.0. The van der Waals surface area contributed by atoms with Gasteiger partial charge in [-0.3, -0.25) is 9.59 Å². The van der Waals surface area contributed by atoms with Crippen LogP contribution in [0.25, 0.3) is 0 Å². The molecule has 1 amide bonds. The van der Waals surface area contributed by atoms with Gasteiger partial charge in [0, 0.05) is 17.5 Å². The van der Waals surface area contributed by atoms with E-state index >= 15 is 0 Å². The summed E-state index contributed by atoms with van der Waals surface area (Å²) >= 11 is 0. The van der Waals surface area contributed by atoms with E-state index in [1.807, 2.05) is 6.07 Å². The molecule has 0 radical (unpaired) electrons. The lowest BCUT2D eigenvalue weighted by Gasteiger charge is -2.17. The van der Waals surface area contributed by atoms with E-state index in [-0.39, 0.29) is 35.0 Å². The Hall–Kier alpha value is -5.78. The van der Waals surface area contributed by atoms with Crippen molar-refractivity contribution in [1.82, 2.24) is 0 Å². The zero-order chi connectivity index (χ0) is 32.6. The molecule has 0 heterocycles. The lowest BCUT2D eigenvalue weighted by Crippen LogP contribution is -2.27. The number of nitrogens with zero attached hydrogens (tertiary/aromatic N) is 6. The highest BCUT2D eigenvalue weighted by Crippen LogP contribution is 2.53. The van der Waals surface area contributed by atoms with Crippen LogP contribution in [0.1, 0.15) is 44.5 Å². The van der Waals surface area contributed by atoms with Gasteiger partial charge in [0.2, 0.25) is 5.91 Å². The fraction of sp³-hybridized carbons (Fsp3) is 0.212. The molecule has 0 aliphatic carbocycles. The smallest absolute Gasteiger partial charge is 0.229 e. The van der Waals surface area contributed by atoms with Crippen molar-refractivity contribution in [2.75, 3.05) is 12.4 Å². The van der Waals surface area contributed by atoms with Gasteiger partial charge in [-0.25, -0.2) is 0 Å². The third-order valence-electron chi connectivity index (χ3n) is 6.40. The van der Waals surface area contributed by atoms with Gasteiger partial charge in [0.25, 0.3) is 0 Å². The van der Waals surface area contributed by atoms with Gasteiger partial charge in [-0.1, -0.05) is 45.9 Å². The highest BCUT2D eigenvalue weighted by molar-refractivity contribution is 6.09. The van der Waals surface area contributed by atoms with E-state index in [2.05, 4.69) is 36.0 Å². The van der Waals surface area contributed by atoms with Crippen LogP contribution in [0.2, 0.25) is 0 Å². The molecule has 4 aromatic rings. The molecule has 0 aromatic heterocycles. The quantitative estimate of drug-likeness (QED) is 0.0923. The number of hydrogen-bond donors (Lipinski definition) is 3. The molecule has 0 bridgehead atoms. The number of anilines is 1. The molecular formula is C33H33N7O5. The number of phenols is 2. The normalized spacial score (nSPS) is 11.8. The second-order valence-electron chi connectivity index (χ2n) is 10.8. The van der Waals surface area contributed by atoms with Gasteiger partial charge in [-0.05, 0) is 60.7 Å². The van der Waals surface area contributed by atoms with Crippen molar-refractivity contribution in [3.63, 3.8) is 0 Å². The second-order valence-corrected chi connectivity index (χ2v) is 10.8. The predicted octanol–water partition coefficient (Wildman–Crippen LogP) is 9.93. The molecule has 0 fully saturated rings. The van der Waals surface area contributed by atoms with E-state index in [1.54, 1.807) is 100 Å². The number of amides is 1. The highest BCUT2D eigenvalue weighted by Gasteiger charge is 2.28. The second kappa shape index (κ2) is 14.1. The molecule has 12 heteroatoms. The number of Topliss-reactive ketones (excluding diaryl/α,β-unsaturated/α-hetero) is 1. The first-order valence-electron chi connectivity index (χ1n) is 14.0. The van der Waals surface area contributed by atoms with Crippen LogP contribution in [0.3, 0.4) is 0 Å². The van der Waals surface area contributed by atoms with E-state index in [9.17, 15) is 19.8 Å². The summed E-state index contributed by atoms with van der Waals surface area (Å²) < 4.78 is 5.19. The lowest BCUT2D eigenvalue weighted by atomic mass is 9.95. The Labute approximate surface area is 260 Å². The maximum atomic E-state index is 13.4. The minimum atomic E-state index is -0.727. The van der Waals surface area contributed by atoms with E-state index < -0.39 is 22.7 Å². The van der Waals surface area contributed by atoms with Gasteiger partial charge in [0.15, 0.2) is 23.0 Å². The Kier molecular flexibility index (Phi) is 10.1. The molecule has 4 aromatic carbocycles. The molecular weight excluding hydrogens is 574 g/mol. The fourth-order valence-corrected chi connectivity index (χ4v) is 3.81. The summed E-state index contributed by atoms with van der Waals surface area (Å²) in [5, 5.41) is 50.1. The third kappa shape index (κ3) is 7.99. The number of hydrogen-bond acceptors (Lipinski definition) is 11. The van der Waals surface area contributed by atoms with Gasteiger partial charge < -0.3 is 20.3 Å². The molecule has 0 unspecified atom stereocenters. The van der Waals surface area contributed by atoms with E-state index in [0.717, 1.165) is 0 Å². The summed E-state index contributed by atoms with van der Waals surface area (Å²) in [6.45, 7) is 7.05. The van der Waals surface area contributed by atoms with Gasteiger partial charge >= 0.3 is 0 Å². The Balaban J connectivity index is 1.82. The summed E-state index contributed by atoms with van der Waals surface area (Å²) in [7, 11) is 1.54. The van der Waals surface area contributed by atoms with E-state index in [4.69, 9.17) is 4.74 Å². The topological polar surface area (TPSA) is 170 Å². The van der Waals surface area contributed by atoms with Gasteiger partial charge in [-0.2, -0.15) is 15.3 Å². The minimum absolute atomic E-state index is 0.00916. The van der Waals surface area contributed by atoms with Gasteiger partial charge in [0.1, 0.15) is 17.1 Å². The molecule has 0 saturated carbocycles. The van der Waals surface area contributed by atoms with Crippen LogP contribution in [0, 0.1) is 5.41 Å². The number of azo groups is 3. The Morgan fingerprint density at radius 2 is 1.18 bits per heavy atom. The van der Waals surface area contributed by atoms with E-state index in [1.165, 1.54) is 7.11 Å². The summed E-state index contributed by atoms with van der Waals surface area (Å²) in [6.07, 6.45) is 0.00916. The molecule has 230 valence electrons. The summed E-state index contributed by atoms with van der Waals surface area (Å²) in [4.78, 5) is 25.7. The predicted molar refractivity (Wildman–Crippen MR) is 171 cm³/mol. The average molecular weight is 608 g/mol. The lowest BCUT2D eigenvalue weighted by molar-refractivity contribution is -0.123. The first kappa shape index (κ1) is 32.1. The SMILES string of the molecule is CCC(=O)c1c(N=Nc2ccc(NC(=O)C(C)(C)C)cc2)c(O)c(O)c(N=Nc2ccccc2)c1N=Nc1ccc(OC)cc1. The molecule has 0 spiro atoms. The number of nitrogens with one attached hydrogen (secondary N) is 1. The van der Waals surface area contributed by atoms with Crippen molar-refractivity contribution in [2.45, 2.75) is 34.1 Å². The maximum Gasteiger partial charge on any atom is 0.229 e. The van der Waals surface area contributed by atoms with Crippen molar-refractivity contribution < 1.29 is 24.5 Å². The molecule has 0 aliphatic rings. The zero-order valence-electron chi connectivity index (χ0n) is 25.5. The number of ether oxygens (including phenoxy) is 1. The number of benzene rings is 4. The molecule has 0 atom stereocenters. The number of methoxy groups -OCH3 is 1. The number of rotatable bonds is 10. The molecule has 45 heavy (non-hydrogen) atoms. The first-order chi connectivity index (χ1) is 21.5. The van der Waals surface area contributed by atoms with Crippen LogP contribution in [-0.2, 0) is 4.79 Å². The van der Waals surface area contributed by atoms with Crippen LogP contribution in [0.4, 0.5) is 39.8 Å². The highest BCUT2D eigenvalue weighted by atomic mass is 16.5. The van der Waals surface area contributed by atoms with Gasteiger partial charge in [-0.15, -0.1) is 15.3 Å². The molecule has 0 aliphatic heterocycles. The Morgan fingerprint density at radius 3 is 1.71 bits per heavy atom. The van der Waals surface area contributed by atoms with Crippen molar-refractivity contribution >= 4 is 51.5 Å². The van der Waals surface area contributed by atoms with Crippen molar-refractivity contribution in [1.29, 1.82) is 0 Å². The average Bonchev–Trinajstić information content (AvgIpc) is 3.04. The third-order valence-corrected chi connectivity index (χ3v) is 6.40. The largest absolute Gasteiger partial charge is 0.503 e. The maximum absolute atomic E-state index is 13.4. The van der Waals surface area contributed by atoms with Crippen LogP contribution < -0.4 is 10.1 Å². The Bertz CT molecular complexity index is 1760. The summed E-state index contributed by atoms with van der Waals surface area (Å²) in [6, 6.07) is 21.9. The van der Waals surface area contributed by atoms with Crippen molar-refractivity contribution in [2.24, 2.45) is 36.1 Å². The van der Waals surface area contributed by atoms with Crippen LogP contribution >= 0.6 is 0 Å². The number of aromatic hydroxyl groups is 2. The van der Waals surface area contributed by atoms with Gasteiger partial charge in [0.05, 0.1) is 29.7 Å². The summed E-state index contributed by atoms with van der Waals surface area (Å²) in [5.41, 5.74) is 0.337. The number of carbonyl (C=O) groups is 2.